The predicted octanol–water partition coefficient (Wildman–Crippen LogP) is 3.01. The number of carbonyl (C=O) groups is 1. The van der Waals surface area contributed by atoms with Crippen molar-refractivity contribution in [3.8, 4) is 0 Å². The van der Waals surface area contributed by atoms with Gasteiger partial charge in [-0.25, -0.2) is 4.98 Å². The summed E-state index contributed by atoms with van der Waals surface area (Å²) < 4.78 is 5.15. The van der Waals surface area contributed by atoms with Gasteiger partial charge in [-0.2, -0.15) is 4.98 Å². The van der Waals surface area contributed by atoms with E-state index in [0.29, 0.717) is 39.8 Å². The third-order valence-corrected chi connectivity index (χ3v) is 4.21. The van der Waals surface area contributed by atoms with Crippen LogP contribution in [0.25, 0.3) is 0 Å². The molecule has 0 bridgehead atoms. The molecule has 0 atom stereocenters. The Morgan fingerprint density at radius 3 is 2.84 bits per heavy atom. The Labute approximate surface area is 152 Å². The molecule has 130 valence electrons. The predicted molar refractivity (Wildman–Crippen MR) is 93.4 cm³/mol. The molecule has 0 spiro atoms. The standard InChI is InChI=1S/C15H15ClN6O2S/c1-9-17-15(21-20-9)25-8-12-19-14(24-22-12)7-6-13(23)18-11-4-2-10(16)3-5-11/h2-5H,6-8H2,1H3,(H,18,23)(H,17,20,21). The van der Waals surface area contributed by atoms with Crippen LogP contribution in [0.2, 0.25) is 5.02 Å². The van der Waals surface area contributed by atoms with E-state index in [0.717, 1.165) is 5.82 Å². The smallest absolute Gasteiger partial charge is 0.227 e. The lowest BCUT2D eigenvalue weighted by Crippen LogP contribution is -2.12. The van der Waals surface area contributed by atoms with Gasteiger partial charge in [0, 0.05) is 23.6 Å². The number of benzene rings is 1. The van der Waals surface area contributed by atoms with Gasteiger partial charge in [-0.15, -0.1) is 5.10 Å². The van der Waals surface area contributed by atoms with Crippen LogP contribution in [0.15, 0.2) is 33.9 Å². The van der Waals surface area contributed by atoms with Crippen LogP contribution in [0.4, 0.5) is 5.69 Å². The van der Waals surface area contributed by atoms with Crippen molar-refractivity contribution in [2.45, 2.75) is 30.7 Å². The number of H-pyrrole nitrogens is 1. The molecular weight excluding hydrogens is 364 g/mol. The van der Waals surface area contributed by atoms with Crippen molar-refractivity contribution in [1.29, 1.82) is 0 Å². The SMILES string of the molecule is Cc1nc(SCc2noc(CCC(=O)Nc3ccc(Cl)cc3)n2)n[nH]1. The van der Waals surface area contributed by atoms with Gasteiger partial charge < -0.3 is 9.84 Å². The molecule has 0 radical (unpaired) electrons. The molecule has 0 saturated heterocycles. The maximum absolute atomic E-state index is 11.9. The van der Waals surface area contributed by atoms with Crippen molar-refractivity contribution >= 4 is 35.0 Å². The number of halogens is 1. The molecule has 1 aromatic carbocycles. The van der Waals surface area contributed by atoms with Gasteiger partial charge in [0.05, 0.1) is 5.75 Å². The summed E-state index contributed by atoms with van der Waals surface area (Å²) in [6, 6.07) is 6.92. The van der Waals surface area contributed by atoms with E-state index in [2.05, 4.69) is 30.6 Å². The summed E-state index contributed by atoms with van der Waals surface area (Å²) in [7, 11) is 0. The van der Waals surface area contributed by atoms with E-state index in [1.165, 1.54) is 11.8 Å². The topological polar surface area (TPSA) is 110 Å². The number of anilines is 1. The minimum atomic E-state index is -0.132. The number of aromatic nitrogens is 5. The molecule has 3 aromatic rings. The fraction of sp³-hybridized carbons (Fsp3) is 0.267. The van der Waals surface area contributed by atoms with E-state index in [1.807, 2.05) is 6.92 Å². The summed E-state index contributed by atoms with van der Waals surface area (Å²) in [6.07, 6.45) is 0.619. The van der Waals surface area contributed by atoms with Crippen LogP contribution < -0.4 is 5.32 Å². The number of hydrogen-bond acceptors (Lipinski definition) is 7. The molecular formula is C15H15ClN6O2S. The normalized spacial score (nSPS) is 10.8. The van der Waals surface area contributed by atoms with Gasteiger partial charge in [0.1, 0.15) is 5.82 Å². The second-order valence-electron chi connectivity index (χ2n) is 5.15. The number of hydrogen-bond donors (Lipinski definition) is 2. The molecule has 0 aliphatic heterocycles. The van der Waals surface area contributed by atoms with Gasteiger partial charge in [-0.3, -0.25) is 9.89 Å². The molecule has 3 rings (SSSR count). The van der Waals surface area contributed by atoms with Gasteiger partial charge in [0.25, 0.3) is 0 Å². The summed E-state index contributed by atoms with van der Waals surface area (Å²) in [5.41, 5.74) is 0.693. The second-order valence-corrected chi connectivity index (χ2v) is 6.53. The lowest BCUT2D eigenvalue weighted by atomic mass is 10.2. The number of thioether (sulfide) groups is 1. The van der Waals surface area contributed by atoms with Gasteiger partial charge >= 0.3 is 0 Å². The van der Waals surface area contributed by atoms with Crippen molar-refractivity contribution in [2.75, 3.05) is 5.32 Å². The minimum absolute atomic E-state index is 0.132. The van der Waals surface area contributed by atoms with E-state index in [9.17, 15) is 4.79 Å². The Morgan fingerprint density at radius 2 is 2.12 bits per heavy atom. The van der Waals surface area contributed by atoms with Crippen molar-refractivity contribution in [2.24, 2.45) is 0 Å². The van der Waals surface area contributed by atoms with Crippen LogP contribution in [0.3, 0.4) is 0 Å². The Bertz CT molecular complexity index is 848. The Morgan fingerprint density at radius 1 is 1.32 bits per heavy atom. The zero-order chi connectivity index (χ0) is 17.6. The highest BCUT2D eigenvalue weighted by atomic mass is 35.5. The molecule has 0 fully saturated rings. The third kappa shape index (κ3) is 5.30. The minimum Gasteiger partial charge on any atom is -0.339 e. The first kappa shape index (κ1) is 17.4. The zero-order valence-electron chi connectivity index (χ0n) is 13.3. The van der Waals surface area contributed by atoms with Crippen LogP contribution in [-0.4, -0.2) is 31.2 Å². The van der Waals surface area contributed by atoms with Gasteiger partial charge in [-0.1, -0.05) is 28.5 Å². The first-order valence-electron chi connectivity index (χ1n) is 7.47. The Kier molecular flexibility index (Phi) is 5.67. The number of nitrogens with one attached hydrogen (secondary N) is 2. The monoisotopic (exact) mass is 378 g/mol. The van der Waals surface area contributed by atoms with E-state index in [-0.39, 0.29) is 12.3 Å². The zero-order valence-corrected chi connectivity index (χ0v) is 14.9. The van der Waals surface area contributed by atoms with Crippen molar-refractivity contribution in [3.63, 3.8) is 0 Å². The van der Waals surface area contributed by atoms with Gasteiger partial charge in [0.15, 0.2) is 5.82 Å². The maximum Gasteiger partial charge on any atom is 0.227 e. The molecule has 25 heavy (non-hydrogen) atoms. The fourth-order valence-electron chi connectivity index (χ4n) is 1.94. The fourth-order valence-corrected chi connectivity index (χ4v) is 2.76. The largest absolute Gasteiger partial charge is 0.339 e. The summed E-state index contributed by atoms with van der Waals surface area (Å²) in [5.74, 6) is 2.09. The summed E-state index contributed by atoms with van der Waals surface area (Å²) in [6.45, 7) is 1.83. The number of nitrogens with zero attached hydrogens (tertiary/aromatic N) is 4. The van der Waals surface area contributed by atoms with Gasteiger partial charge in [-0.05, 0) is 31.2 Å². The first-order chi connectivity index (χ1) is 12.1. The number of aryl methyl sites for hydroxylation is 2. The third-order valence-electron chi connectivity index (χ3n) is 3.11. The maximum atomic E-state index is 11.9. The quantitative estimate of drug-likeness (QED) is 0.608. The first-order valence-corrected chi connectivity index (χ1v) is 8.83. The molecule has 1 amide bonds. The van der Waals surface area contributed by atoms with Crippen molar-refractivity contribution in [1.82, 2.24) is 25.3 Å². The van der Waals surface area contributed by atoms with Crippen LogP contribution in [0, 0.1) is 6.92 Å². The molecule has 0 saturated carbocycles. The summed E-state index contributed by atoms with van der Waals surface area (Å²) in [5, 5.41) is 14.7. The van der Waals surface area contributed by atoms with Crippen LogP contribution in [0.5, 0.6) is 0 Å². The molecule has 0 unspecified atom stereocenters. The highest BCUT2D eigenvalue weighted by Crippen LogP contribution is 2.17. The van der Waals surface area contributed by atoms with Crippen LogP contribution in [-0.2, 0) is 17.0 Å². The van der Waals surface area contributed by atoms with E-state index in [4.69, 9.17) is 16.1 Å². The molecule has 2 aromatic heterocycles. The summed E-state index contributed by atoms with van der Waals surface area (Å²) >= 11 is 7.21. The highest BCUT2D eigenvalue weighted by Gasteiger charge is 2.11. The summed E-state index contributed by atoms with van der Waals surface area (Å²) in [4.78, 5) is 20.4. The van der Waals surface area contributed by atoms with E-state index < -0.39 is 0 Å². The number of rotatable bonds is 7. The average molecular weight is 379 g/mol. The Balaban J connectivity index is 1.44. The van der Waals surface area contributed by atoms with Crippen molar-refractivity contribution in [3.05, 3.63) is 46.8 Å². The molecule has 8 nitrogen and oxygen atoms in total. The second kappa shape index (κ2) is 8.13. The lowest BCUT2D eigenvalue weighted by molar-refractivity contribution is -0.116. The lowest BCUT2D eigenvalue weighted by Gasteiger charge is -2.03. The molecule has 0 aliphatic carbocycles. The number of carbonyl (C=O) groups excluding carboxylic acids is 1. The average Bonchev–Trinajstić information content (AvgIpc) is 3.22. The Hall–Kier alpha value is -2.39. The van der Waals surface area contributed by atoms with E-state index in [1.54, 1.807) is 24.3 Å². The van der Waals surface area contributed by atoms with Crippen molar-refractivity contribution < 1.29 is 9.32 Å². The molecule has 2 N–H and O–H groups in total. The van der Waals surface area contributed by atoms with E-state index >= 15 is 0 Å². The van der Waals surface area contributed by atoms with Gasteiger partial charge in [0.2, 0.25) is 17.0 Å². The molecule has 10 heteroatoms. The van der Waals surface area contributed by atoms with Crippen LogP contribution >= 0.6 is 23.4 Å². The molecule has 2 heterocycles. The molecule has 0 aliphatic rings. The number of amides is 1. The van der Waals surface area contributed by atoms with Crippen LogP contribution in [0.1, 0.15) is 24.0 Å². The highest BCUT2D eigenvalue weighted by molar-refractivity contribution is 7.98. The number of aromatic amines is 1.